The molecule has 0 fully saturated rings. The minimum Gasteiger partial charge on any atom is -0.382 e. The Balaban J connectivity index is 1.86. The van der Waals surface area contributed by atoms with Crippen LogP contribution in [0.15, 0.2) is 42.5 Å². The fourth-order valence-corrected chi connectivity index (χ4v) is 3.76. The average molecular weight is 384 g/mol. The Morgan fingerprint density at radius 1 is 1.00 bits per heavy atom. The first-order chi connectivity index (χ1) is 13.4. The van der Waals surface area contributed by atoms with Crippen molar-refractivity contribution in [2.45, 2.75) is 18.9 Å². The summed E-state index contributed by atoms with van der Waals surface area (Å²) in [6.07, 6.45) is 0.560. The highest BCUT2D eigenvalue weighted by Gasteiger charge is 2.27. The smallest absolute Gasteiger partial charge is 0.162 e. The number of aromatic nitrogens is 2. The van der Waals surface area contributed by atoms with Gasteiger partial charge in [-0.1, -0.05) is 12.1 Å². The van der Waals surface area contributed by atoms with Gasteiger partial charge in [0.05, 0.1) is 5.69 Å². The molecule has 1 aromatic heterocycles. The SMILES string of the molecule is CN1CCC(c2cccc(F)c2F)c2cc(F)c(-c3ccc(N)nn3)cc2C1. The van der Waals surface area contributed by atoms with E-state index in [4.69, 9.17) is 5.73 Å². The minimum atomic E-state index is -0.897. The molecular weight excluding hydrogens is 365 g/mol. The Morgan fingerprint density at radius 2 is 1.82 bits per heavy atom. The van der Waals surface area contributed by atoms with Crippen LogP contribution < -0.4 is 5.73 Å². The van der Waals surface area contributed by atoms with E-state index in [-0.39, 0.29) is 11.4 Å². The van der Waals surface area contributed by atoms with E-state index in [2.05, 4.69) is 15.1 Å². The molecule has 4 nitrogen and oxygen atoms in total. The molecule has 1 aliphatic heterocycles. The van der Waals surface area contributed by atoms with Crippen molar-refractivity contribution in [1.29, 1.82) is 0 Å². The fraction of sp³-hybridized carbons (Fsp3) is 0.238. The molecule has 1 atom stereocenters. The number of rotatable bonds is 2. The minimum absolute atomic E-state index is 0.246. The molecule has 0 amide bonds. The van der Waals surface area contributed by atoms with Gasteiger partial charge in [-0.2, -0.15) is 0 Å². The van der Waals surface area contributed by atoms with Gasteiger partial charge in [-0.25, -0.2) is 13.2 Å². The van der Waals surface area contributed by atoms with Gasteiger partial charge in [0.1, 0.15) is 11.6 Å². The standard InChI is InChI=1S/C21H19F3N4/c1-28-8-7-13(14-3-2-4-17(22)21(14)24)15-10-18(23)16(9-12(15)11-28)19-5-6-20(25)27-26-19/h2-6,9-10,13H,7-8,11H2,1H3,(H2,25,27). The highest BCUT2D eigenvalue weighted by atomic mass is 19.2. The van der Waals surface area contributed by atoms with Crippen LogP contribution in [0.5, 0.6) is 0 Å². The molecule has 0 saturated heterocycles. The van der Waals surface area contributed by atoms with Crippen molar-refractivity contribution in [2.24, 2.45) is 0 Å². The predicted molar refractivity (Wildman–Crippen MR) is 101 cm³/mol. The van der Waals surface area contributed by atoms with Crippen LogP contribution in [0.1, 0.15) is 29.0 Å². The summed E-state index contributed by atoms with van der Waals surface area (Å²) in [5.74, 6) is -2.44. The van der Waals surface area contributed by atoms with Gasteiger partial charge in [-0.3, -0.25) is 0 Å². The third kappa shape index (κ3) is 3.33. The zero-order chi connectivity index (χ0) is 19.8. The highest BCUT2D eigenvalue weighted by molar-refractivity contribution is 5.63. The largest absolute Gasteiger partial charge is 0.382 e. The quantitative estimate of drug-likeness (QED) is 0.723. The molecular formula is C21H19F3N4. The number of nitrogens with zero attached hydrogens (tertiary/aromatic N) is 3. The zero-order valence-electron chi connectivity index (χ0n) is 15.3. The Labute approximate surface area is 160 Å². The van der Waals surface area contributed by atoms with E-state index in [1.165, 1.54) is 12.1 Å². The lowest BCUT2D eigenvalue weighted by Gasteiger charge is -2.20. The molecule has 0 radical (unpaired) electrons. The average Bonchev–Trinajstić information content (AvgIpc) is 2.82. The van der Waals surface area contributed by atoms with Crippen LogP contribution in [-0.4, -0.2) is 28.7 Å². The lowest BCUT2D eigenvalue weighted by molar-refractivity contribution is 0.327. The molecule has 4 rings (SSSR count). The number of halogens is 3. The van der Waals surface area contributed by atoms with Crippen molar-refractivity contribution < 1.29 is 13.2 Å². The molecule has 2 aromatic carbocycles. The number of anilines is 1. The van der Waals surface area contributed by atoms with Gasteiger partial charge in [-0.05, 0) is 67.0 Å². The van der Waals surface area contributed by atoms with Crippen LogP contribution in [0, 0.1) is 17.5 Å². The second-order valence-electron chi connectivity index (χ2n) is 7.10. The van der Waals surface area contributed by atoms with Crippen molar-refractivity contribution in [3.63, 3.8) is 0 Å². The molecule has 3 aromatic rings. The third-order valence-corrected chi connectivity index (χ3v) is 5.16. The van der Waals surface area contributed by atoms with Crippen LogP contribution in [0.25, 0.3) is 11.3 Å². The normalized spacial score (nSPS) is 17.2. The van der Waals surface area contributed by atoms with Gasteiger partial charge in [0.25, 0.3) is 0 Å². The second kappa shape index (κ2) is 7.24. The van der Waals surface area contributed by atoms with Crippen molar-refractivity contribution in [2.75, 3.05) is 19.3 Å². The summed E-state index contributed by atoms with van der Waals surface area (Å²) in [6.45, 7) is 1.24. The van der Waals surface area contributed by atoms with E-state index in [1.54, 1.807) is 24.3 Å². The molecule has 7 heteroatoms. The first kappa shape index (κ1) is 18.4. The van der Waals surface area contributed by atoms with Gasteiger partial charge >= 0.3 is 0 Å². The molecule has 0 spiro atoms. The molecule has 1 unspecified atom stereocenters. The number of nitrogens with two attached hydrogens (primary N) is 1. The summed E-state index contributed by atoms with van der Waals surface area (Å²) < 4.78 is 43.3. The van der Waals surface area contributed by atoms with Crippen molar-refractivity contribution in [3.8, 4) is 11.3 Å². The molecule has 28 heavy (non-hydrogen) atoms. The van der Waals surface area contributed by atoms with E-state index in [0.717, 1.165) is 11.6 Å². The molecule has 0 aliphatic carbocycles. The number of fused-ring (bicyclic) bond motifs is 1. The van der Waals surface area contributed by atoms with Gasteiger partial charge in [0, 0.05) is 18.0 Å². The maximum atomic E-state index is 15.0. The Hall–Kier alpha value is -2.93. The molecule has 144 valence electrons. The van der Waals surface area contributed by atoms with Crippen LogP contribution in [-0.2, 0) is 6.54 Å². The first-order valence-electron chi connectivity index (χ1n) is 8.98. The van der Waals surface area contributed by atoms with Crippen LogP contribution in [0.2, 0.25) is 0 Å². The monoisotopic (exact) mass is 384 g/mol. The Morgan fingerprint density at radius 3 is 2.57 bits per heavy atom. The first-order valence-corrected chi connectivity index (χ1v) is 8.98. The van der Waals surface area contributed by atoms with E-state index >= 15 is 0 Å². The summed E-state index contributed by atoms with van der Waals surface area (Å²) >= 11 is 0. The van der Waals surface area contributed by atoms with Crippen molar-refractivity contribution >= 4 is 5.82 Å². The van der Waals surface area contributed by atoms with Crippen LogP contribution >= 0.6 is 0 Å². The molecule has 1 aliphatic rings. The molecule has 2 heterocycles. The van der Waals surface area contributed by atoms with Gasteiger partial charge < -0.3 is 10.6 Å². The van der Waals surface area contributed by atoms with Crippen LogP contribution in [0.4, 0.5) is 19.0 Å². The number of benzene rings is 2. The maximum Gasteiger partial charge on any atom is 0.162 e. The zero-order valence-corrected chi connectivity index (χ0v) is 15.3. The third-order valence-electron chi connectivity index (χ3n) is 5.16. The summed E-state index contributed by atoms with van der Waals surface area (Å²) in [7, 11) is 1.94. The maximum absolute atomic E-state index is 15.0. The molecule has 0 saturated carbocycles. The summed E-state index contributed by atoms with van der Waals surface area (Å²) in [5.41, 5.74) is 8.00. The topological polar surface area (TPSA) is 55.0 Å². The van der Waals surface area contributed by atoms with E-state index in [1.807, 2.05) is 7.05 Å². The van der Waals surface area contributed by atoms with Crippen LogP contribution in [0.3, 0.4) is 0 Å². The van der Waals surface area contributed by atoms with Crippen molar-refractivity contribution in [1.82, 2.24) is 15.1 Å². The lowest BCUT2D eigenvalue weighted by Crippen LogP contribution is -2.17. The molecule has 2 N–H and O–H groups in total. The number of hydrogen-bond donors (Lipinski definition) is 1. The van der Waals surface area contributed by atoms with Gasteiger partial charge in [-0.15, -0.1) is 10.2 Å². The Kier molecular flexibility index (Phi) is 4.77. The summed E-state index contributed by atoms with van der Waals surface area (Å²) in [6, 6.07) is 10.4. The Bertz CT molecular complexity index is 1020. The summed E-state index contributed by atoms with van der Waals surface area (Å²) in [5, 5.41) is 7.75. The van der Waals surface area contributed by atoms with Gasteiger partial charge in [0.15, 0.2) is 11.6 Å². The van der Waals surface area contributed by atoms with Crippen molar-refractivity contribution in [3.05, 3.63) is 76.6 Å². The number of hydrogen-bond acceptors (Lipinski definition) is 4. The second-order valence-corrected chi connectivity index (χ2v) is 7.10. The molecule has 0 bridgehead atoms. The lowest BCUT2D eigenvalue weighted by atomic mass is 9.85. The van der Waals surface area contributed by atoms with E-state index < -0.39 is 23.4 Å². The highest BCUT2D eigenvalue weighted by Crippen LogP contribution is 2.38. The number of nitrogen functional groups attached to an aromatic ring is 1. The fourth-order valence-electron chi connectivity index (χ4n) is 3.76. The van der Waals surface area contributed by atoms with E-state index in [9.17, 15) is 13.2 Å². The van der Waals surface area contributed by atoms with Gasteiger partial charge in [0.2, 0.25) is 0 Å². The summed E-state index contributed by atoms with van der Waals surface area (Å²) in [4.78, 5) is 2.08. The van der Waals surface area contributed by atoms with E-state index in [0.29, 0.717) is 36.3 Å². The predicted octanol–water partition coefficient (Wildman–Crippen LogP) is 4.11.